The van der Waals surface area contributed by atoms with E-state index in [0.29, 0.717) is 12.4 Å². The van der Waals surface area contributed by atoms with Crippen LogP contribution >= 0.6 is 0 Å². The third-order valence-electron chi connectivity index (χ3n) is 3.40. The van der Waals surface area contributed by atoms with E-state index in [4.69, 9.17) is 19.3 Å². The number of benzene rings is 2. The van der Waals surface area contributed by atoms with Crippen LogP contribution in [0.4, 0.5) is 0 Å². The molecule has 0 aliphatic carbocycles. The van der Waals surface area contributed by atoms with Crippen molar-refractivity contribution in [3.8, 4) is 17.2 Å². The minimum absolute atomic E-state index is 0.230. The van der Waals surface area contributed by atoms with Crippen molar-refractivity contribution in [3.05, 3.63) is 53.6 Å². The molecule has 0 aromatic heterocycles. The molecule has 1 N–H and O–H groups in total. The van der Waals surface area contributed by atoms with Crippen LogP contribution in [-0.4, -0.2) is 24.5 Å². The third-order valence-corrected chi connectivity index (χ3v) is 3.40. The zero-order chi connectivity index (χ0) is 15.4. The summed E-state index contributed by atoms with van der Waals surface area (Å²) in [5, 5.41) is 8.93. The molecule has 5 nitrogen and oxygen atoms in total. The molecule has 1 aliphatic rings. The molecule has 0 saturated heterocycles. The second kappa shape index (κ2) is 6.39. The lowest BCUT2D eigenvalue weighted by atomic mass is 10.1. The molecule has 2 aromatic carbocycles. The molecular weight excluding hydrogens is 284 g/mol. The van der Waals surface area contributed by atoms with Gasteiger partial charge in [-0.3, -0.25) is 0 Å². The van der Waals surface area contributed by atoms with E-state index in [1.165, 1.54) is 6.07 Å². The molecule has 22 heavy (non-hydrogen) atoms. The van der Waals surface area contributed by atoms with Gasteiger partial charge in [-0.05, 0) is 48.7 Å². The Hall–Kier alpha value is -2.69. The normalized spacial score (nSPS) is 12.2. The van der Waals surface area contributed by atoms with Gasteiger partial charge in [0.05, 0.1) is 12.2 Å². The Balaban J connectivity index is 1.49. The van der Waals surface area contributed by atoms with E-state index in [0.717, 1.165) is 29.9 Å². The largest absolute Gasteiger partial charge is 0.494 e. The summed E-state index contributed by atoms with van der Waals surface area (Å²) in [6.45, 7) is 0.805. The van der Waals surface area contributed by atoms with Gasteiger partial charge < -0.3 is 19.3 Å². The molecule has 0 spiro atoms. The molecule has 3 rings (SSSR count). The Morgan fingerprint density at radius 1 is 1.14 bits per heavy atom. The van der Waals surface area contributed by atoms with Crippen LogP contribution in [-0.2, 0) is 6.42 Å². The molecule has 0 atom stereocenters. The van der Waals surface area contributed by atoms with Crippen molar-refractivity contribution >= 4 is 5.97 Å². The number of carboxylic acids is 1. The predicted octanol–water partition coefficient (Wildman–Crippen LogP) is 3.13. The molecular formula is C17H16O5. The Labute approximate surface area is 128 Å². The second-order valence-electron chi connectivity index (χ2n) is 4.97. The molecule has 0 fully saturated rings. The molecule has 2 aromatic rings. The van der Waals surface area contributed by atoms with Gasteiger partial charge in [-0.25, -0.2) is 4.79 Å². The van der Waals surface area contributed by atoms with E-state index in [1.54, 1.807) is 18.2 Å². The number of hydrogen-bond acceptors (Lipinski definition) is 4. The summed E-state index contributed by atoms with van der Waals surface area (Å²) in [6.07, 6.45) is 1.69. The minimum Gasteiger partial charge on any atom is -0.494 e. The van der Waals surface area contributed by atoms with Crippen molar-refractivity contribution in [2.75, 3.05) is 13.4 Å². The Kier molecular flexibility index (Phi) is 4.14. The number of carbonyl (C=O) groups is 1. The highest BCUT2D eigenvalue weighted by Crippen LogP contribution is 2.32. The number of fused-ring (bicyclic) bond motifs is 1. The first kappa shape index (κ1) is 14.3. The van der Waals surface area contributed by atoms with Crippen molar-refractivity contribution in [3.63, 3.8) is 0 Å². The fourth-order valence-corrected chi connectivity index (χ4v) is 2.28. The fraction of sp³-hybridized carbons (Fsp3) is 0.235. The Bertz CT molecular complexity index is 680. The standard InChI is InChI=1S/C17H16O5/c18-17(19)13-4-1-5-14(10-13)20-8-2-3-12-6-7-15-16(9-12)22-11-21-15/h1,4-7,9-10H,2-3,8,11H2,(H,18,19). The van der Waals surface area contributed by atoms with E-state index >= 15 is 0 Å². The SMILES string of the molecule is O=C(O)c1cccc(OCCCc2ccc3c(c2)OCO3)c1. The summed E-state index contributed by atoms with van der Waals surface area (Å²) < 4.78 is 16.2. The molecule has 1 aliphatic heterocycles. The van der Waals surface area contributed by atoms with Gasteiger partial charge in [0.15, 0.2) is 11.5 Å². The van der Waals surface area contributed by atoms with E-state index in [-0.39, 0.29) is 12.4 Å². The molecule has 114 valence electrons. The van der Waals surface area contributed by atoms with Gasteiger partial charge in [0, 0.05) is 0 Å². The maximum absolute atomic E-state index is 10.9. The van der Waals surface area contributed by atoms with Gasteiger partial charge in [0.25, 0.3) is 0 Å². The quantitative estimate of drug-likeness (QED) is 0.830. The first-order chi connectivity index (χ1) is 10.7. The summed E-state index contributed by atoms with van der Waals surface area (Å²) in [5.41, 5.74) is 1.39. The van der Waals surface area contributed by atoms with Crippen LogP contribution < -0.4 is 14.2 Å². The van der Waals surface area contributed by atoms with E-state index in [2.05, 4.69) is 0 Å². The van der Waals surface area contributed by atoms with Crippen LogP contribution in [0.3, 0.4) is 0 Å². The molecule has 0 bridgehead atoms. The van der Waals surface area contributed by atoms with Crippen LogP contribution in [0.1, 0.15) is 22.3 Å². The van der Waals surface area contributed by atoms with Gasteiger partial charge in [-0.15, -0.1) is 0 Å². The van der Waals surface area contributed by atoms with E-state index in [1.807, 2.05) is 18.2 Å². The lowest BCUT2D eigenvalue weighted by molar-refractivity contribution is 0.0696. The summed E-state index contributed by atoms with van der Waals surface area (Å²) in [7, 11) is 0. The molecule has 0 unspecified atom stereocenters. The highest BCUT2D eigenvalue weighted by molar-refractivity contribution is 5.87. The van der Waals surface area contributed by atoms with Gasteiger partial charge in [-0.2, -0.15) is 0 Å². The monoisotopic (exact) mass is 300 g/mol. The Morgan fingerprint density at radius 3 is 2.86 bits per heavy atom. The summed E-state index contributed by atoms with van der Waals surface area (Å²) in [6, 6.07) is 12.4. The Morgan fingerprint density at radius 2 is 2.00 bits per heavy atom. The maximum atomic E-state index is 10.9. The lowest BCUT2D eigenvalue weighted by Gasteiger charge is -2.07. The number of rotatable bonds is 6. The first-order valence-electron chi connectivity index (χ1n) is 7.07. The highest BCUT2D eigenvalue weighted by atomic mass is 16.7. The molecule has 1 heterocycles. The maximum Gasteiger partial charge on any atom is 0.335 e. The number of aryl methyl sites for hydroxylation is 1. The summed E-state index contributed by atoms with van der Waals surface area (Å²) in [5.74, 6) is 1.19. The number of hydrogen-bond donors (Lipinski definition) is 1. The van der Waals surface area contributed by atoms with Gasteiger partial charge in [-0.1, -0.05) is 12.1 Å². The van der Waals surface area contributed by atoms with Crippen molar-refractivity contribution < 1.29 is 24.1 Å². The number of ether oxygens (including phenoxy) is 3. The minimum atomic E-state index is -0.953. The van der Waals surface area contributed by atoms with Gasteiger partial charge >= 0.3 is 5.97 Å². The first-order valence-corrected chi connectivity index (χ1v) is 7.07. The molecule has 0 amide bonds. The highest BCUT2D eigenvalue weighted by Gasteiger charge is 2.12. The van der Waals surface area contributed by atoms with E-state index < -0.39 is 5.97 Å². The smallest absolute Gasteiger partial charge is 0.335 e. The second-order valence-corrected chi connectivity index (χ2v) is 4.97. The van der Waals surface area contributed by atoms with Gasteiger partial charge in [0.2, 0.25) is 6.79 Å². The van der Waals surface area contributed by atoms with Crippen molar-refractivity contribution in [1.29, 1.82) is 0 Å². The van der Waals surface area contributed by atoms with Crippen molar-refractivity contribution in [2.45, 2.75) is 12.8 Å². The predicted molar refractivity (Wildman–Crippen MR) is 79.8 cm³/mol. The third kappa shape index (κ3) is 3.31. The molecule has 0 saturated carbocycles. The average molecular weight is 300 g/mol. The van der Waals surface area contributed by atoms with Crippen molar-refractivity contribution in [1.82, 2.24) is 0 Å². The average Bonchev–Trinajstić information content (AvgIpc) is 2.99. The topological polar surface area (TPSA) is 65.0 Å². The van der Waals surface area contributed by atoms with Gasteiger partial charge in [0.1, 0.15) is 5.75 Å². The zero-order valence-corrected chi connectivity index (χ0v) is 12.0. The summed E-state index contributed by atoms with van der Waals surface area (Å²) >= 11 is 0. The van der Waals surface area contributed by atoms with Crippen molar-refractivity contribution in [2.24, 2.45) is 0 Å². The van der Waals surface area contributed by atoms with E-state index in [9.17, 15) is 4.79 Å². The lowest BCUT2D eigenvalue weighted by Crippen LogP contribution is -2.01. The number of aromatic carboxylic acids is 1. The van der Waals surface area contributed by atoms with Crippen LogP contribution in [0, 0.1) is 0 Å². The number of carboxylic acid groups (broad SMARTS) is 1. The fourth-order valence-electron chi connectivity index (χ4n) is 2.28. The zero-order valence-electron chi connectivity index (χ0n) is 12.0. The van der Waals surface area contributed by atoms with Crippen LogP contribution in [0.25, 0.3) is 0 Å². The molecule has 0 radical (unpaired) electrons. The van der Waals surface area contributed by atoms with Crippen LogP contribution in [0.2, 0.25) is 0 Å². The van der Waals surface area contributed by atoms with Crippen LogP contribution in [0.5, 0.6) is 17.2 Å². The molecule has 5 heteroatoms. The summed E-state index contributed by atoms with van der Waals surface area (Å²) in [4.78, 5) is 10.9. The van der Waals surface area contributed by atoms with Crippen LogP contribution in [0.15, 0.2) is 42.5 Å².